The van der Waals surface area contributed by atoms with E-state index in [0.717, 1.165) is 22.3 Å². The van der Waals surface area contributed by atoms with Crippen LogP contribution >= 0.6 is 15.9 Å². The van der Waals surface area contributed by atoms with Crippen molar-refractivity contribution in [2.75, 3.05) is 19.7 Å². The van der Waals surface area contributed by atoms with Crippen molar-refractivity contribution >= 4 is 21.6 Å². The summed E-state index contributed by atoms with van der Waals surface area (Å²) in [6, 6.07) is 6.40. The largest absolute Gasteiger partial charge is 0.375 e. The van der Waals surface area contributed by atoms with Crippen molar-refractivity contribution in [2.45, 2.75) is 19.4 Å². The molecule has 31 heavy (non-hydrogen) atoms. The van der Waals surface area contributed by atoms with Crippen molar-refractivity contribution in [1.82, 2.24) is 24.5 Å². The van der Waals surface area contributed by atoms with Gasteiger partial charge in [-0.05, 0) is 40.5 Å². The Morgan fingerprint density at radius 3 is 2.74 bits per heavy atom. The molecule has 6 nitrogen and oxygen atoms in total. The van der Waals surface area contributed by atoms with Crippen molar-refractivity contribution in [3.05, 3.63) is 70.2 Å². The van der Waals surface area contributed by atoms with Crippen LogP contribution in [0.25, 0.3) is 22.6 Å². The van der Waals surface area contributed by atoms with Crippen molar-refractivity contribution in [1.29, 1.82) is 0 Å². The van der Waals surface area contributed by atoms with Crippen LogP contribution in [0, 0.1) is 18.6 Å². The summed E-state index contributed by atoms with van der Waals surface area (Å²) < 4.78 is 40.4. The first kappa shape index (κ1) is 20.3. The normalized spacial score (nSPS) is 16.8. The number of fused-ring (bicyclic) bond motifs is 1. The molecule has 0 amide bonds. The highest BCUT2D eigenvalue weighted by Crippen LogP contribution is 2.32. The number of aryl methyl sites for hydroxylation is 1. The third-order valence-corrected chi connectivity index (χ3v) is 5.79. The van der Waals surface area contributed by atoms with Crippen molar-refractivity contribution in [2.24, 2.45) is 0 Å². The molecule has 4 heterocycles. The topological polar surface area (TPSA) is 56.4 Å². The van der Waals surface area contributed by atoms with E-state index < -0.39 is 11.6 Å². The van der Waals surface area contributed by atoms with Crippen LogP contribution in [0.2, 0.25) is 0 Å². The predicted octanol–water partition coefficient (Wildman–Crippen LogP) is 4.07. The second-order valence-electron chi connectivity index (χ2n) is 7.63. The van der Waals surface area contributed by atoms with Gasteiger partial charge in [0.2, 0.25) is 0 Å². The average molecular weight is 488 g/mol. The predicted molar refractivity (Wildman–Crippen MR) is 116 cm³/mol. The number of hydrogen-bond acceptors (Lipinski definition) is 4. The molecular formula is C22H20BrF2N5O. The molecule has 3 aromatic heterocycles. The number of benzene rings is 1. The highest BCUT2D eigenvalue weighted by atomic mass is 79.9. The van der Waals surface area contributed by atoms with Gasteiger partial charge in [-0.15, -0.1) is 0 Å². The van der Waals surface area contributed by atoms with Crippen molar-refractivity contribution in [3.8, 4) is 16.9 Å². The molecule has 1 aromatic carbocycles. The highest BCUT2D eigenvalue weighted by Gasteiger charge is 2.25. The molecular weight excluding hydrogens is 468 g/mol. The number of aromatic nitrogens is 4. The molecule has 0 spiro atoms. The fourth-order valence-electron chi connectivity index (χ4n) is 3.92. The second kappa shape index (κ2) is 8.14. The third-order valence-electron chi connectivity index (χ3n) is 5.39. The van der Waals surface area contributed by atoms with Crippen LogP contribution in [-0.4, -0.2) is 45.0 Å². The van der Waals surface area contributed by atoms with E-state index in [4.69, 9.17) is 4.74 Å². The third kappa shape index (κ3) is 3.88. The maximum Gasteiger partial charge on any atom is 0.137 e. The van der Waals surface area contributed by atoms with E-state index in [1.165, 1.54) is 16.8 Å². The first-order chi connectivity index (χ1) is 15.0. The van der Waals surface area contributed by atoms with Gasteiger partial charge in [0.1, 0.15) is 17.3 Å². The van der Waals surface area contributed by atoms with E-state index in [-0.39, 0.29) is 11.7 Å². The fourth-order valence-corrected chi connectivity index (χ4v) is 4.20. The molecule has 160 valence electrons. The van der Waals surface area contributed by atoms with Gasteiger partial charge in [0, 0.05) is 44.0 Å². The fraction of sp³-hybridized carbons (Fsp3) is 0.273. The standard InChI is InChI=1S/C22H20BrF2N5O/c1-13-2-4-29-19(9-16-11-26-3-5-31-16)22(28-20(29)6-13)21-17(24)7-15(8-18(21)25)30-12-14(23)10-27-30/h2,4,6-8,10,12,16,26H,3,5,9,11H2,1H3/t16-/m0/s1. The van der Waals surface area contributed by atoms with Gasteiger partial charge in [0.05, 0.1) is 46.0 Å². The number of nitrogens with one attached hydrogen (secondary N) is 1. The molecule has 0 radical (unpaired) electrons. The Bertz CT molecular complexity index is 1240. The van der Waals surface area contributed by atoms with E-state index in [9.17, 15) is 0 Å². The van der Waals surface area contributed by atoms with Crippen molar-refractivity contribution < 1.29 is 13.5 Å². The Morgan fingerprint density at radius 1 is 1.26 bits per heavy atom. The minimum absolute atomic E-state index is 0.0967. The zero-order valence-corrected chi connectivity index (χ0v) is 18.4. The summed E-state index contributed by atoms with van der Waals surface area (Å²) in [5.41, 5.74) is 2.83. The van der Waals surface area contributed by atoms with Gasteiger partial charge >= 0.3 is 0 Å². The van der Waals surface area contributed by atoms with E-state index in [1.807, 2.05) is 29.7 Å². The Morgan fingerprint density at radius 2 is 2.06 bits per heavy atom. The van der Waals surface area contributed by atoms with Crippen LogP contribution in [0.15, 0.2) is 47.3 Å². The number of morpholine rings is 1. The highest BCUT2D eigenvalue weighted by molar-refractivity contribution is 9.10. The molecule has 1 N–H and O–H groups in total. The Labute approximate surface area is 186 Å². The van der Waals surface area contributed by atoms with Gasteiger partial charge < -0.3 is 14.5 Å². The average Bonchev–Trinajstić information content (AvgIpc) is 3.32. The lowest BCUT2D eigenvalue weighted by Crippen LogP contribution is -2.39. The van der Waals surface area contributed by atoms with E-state index in [0.29, 0.717) is 36.6 Å². The first-order valence-electron chi connectivity index (χ1n) is 9.99. The summed E-state index contributed by atoms with van der Waals surface area (Å²) in [4.78, 5) is 4.61. The monoisotopic (exact) mass is 487 g/mol. The number of pyridine rings is 1. The van der Waals surface area contributed by atoms with Gasteiger partial charge in [-0.2, -0.15) is 5.10 Å². The molecule has 0 unspecified atom stereocenters. The zero-order chi connectivity index (χ0) is 21.5. The molecule has 4 aromatic rings. The van der Waals surface area contributed by atoms with Gasteiger partial charge in [-0.25, -0.2) is 18.4 Å². The quantitative estimate of drug-likeness (QED) is 0.471. The first-order valence-corrected chi connectivity index (χ1v) is 10.8. The number of halogens is 3. The molecule has 0 bridgehead atoms. The smallest absolute Gasteiger partial charge is 0.137 e. The maximum absolute atomic E-state index is 15.3. The number of rotatable bonds is 4. The van der Waals surface area contributed by atoms with E-state index in [1.54, 1.807) is 12.4 Å². The summed E-state index contributed by atoms with van der Waals surface area (Å²) in [5.74, 6) is -1.38. The lowest BCUT2D eigenvalue weighted by molar-refractivity contribution is 0.0286. The van der Waals surface area contributed by atoms with Crippen LogP contribution in [0.5, 0.6) is 0 Å². The Kier molecular flexibility index (Phi) is 5.33. The number of hydrogen-bond donors (Lipinski definition) is 1. The van der Waals surface area contributed by atoms with E-state index in [2.05, 4.69) is 31.3 Å². The van der Waals surface area contributed by atoms with Crippen LogP contribution in [0.1, 0.15) is 11.3 Å². The number of nitrogens with zero attached hydrogens (tertiary/aromatic N) is 4. The summed E-state index contributed by atoms with van der Waals surface area (Å²) in [7, 11) is 0. The number of ether oxygens (including phenoxy) is 1. The summed E-state index contributed by atoms with van der Waals surface area (Å²) in [6.07, 6.45) is 5.48. The summed E-state index contributed by atoms with van der Waals surface area (Å²) >= 11 is 3.30. The van der Waals surface area contributed by atoms with Gasteiger partial charge in [-0.1, -0.05) is 0 Å². The molecule has 1 aliphatic heterocycles. The zero-order valence-electron chi connectivity index (χ0n) is 16.8. The minimum atomic E-state index is -0.689. The molecule has 1 aliphatic rings. The lowest BCUT2D eigenvalue weighted by atomic mass is 10.0. The van der Waals surface area contributed by atoms with Gasteiger partial charge in [0.15, 0.2) is 0 Å². The number of imidazole rings is 1. The second-order valence-corrected chi connectivity index (χ2v) is 8.54. The molecule has 1 atom stereocenters. The molecule has 0 aliphatic carbocycles. The molecule has 0 saturated carbocycles. The van der Waals surface area contributed by atoms with Crippen molar-refractivity contribution in [3.63, 3.8) is 0 Å². The summed E-state index contributed by atoms with van der Waals surface area (Å²) in [6.45, 7) is 4.04. The molecule has 9 heteroatoms. The molecule has 5 rings (SSSR count). The Hall–Kier alpha value is -2.62. The minimum Gasteiger partial charge on any atom is -0.375 e. The Balaban J connectivity index is 1.64. The van der Waals surface area contributed by atoms with Gasteiger partial charge in [-0.3, -0.25) is 0 Å². The lowest BCUT2D eigenvalue weighted by Gasteiger charge is -2.24. The maximum atomic E-state index is 15.3. The SMILES string of the molecule is Cc1ccn2c(C[C@H]3CNCCO3)c(-c3c(F)cc(-n4cc(Br)cn4)cc3F)nc2c1. The van der Waals surface area contributed by atoms with E-state index >= 15 is 8.78 Å². The van der Waals surface area contributed by atoms with Crippen LogP contribution in [-0.2, 0) is 11.2 Å². The van der Waals surface area contributed by atoms with Crippen LogP contribution < -0.4 is 5.32 Å². The molecule has 1 saturated heterocycles. The van der Waals surface area contributed by atoms with Crippen LogP contribution in [0.3, 0.4) is 0 Å². The molecule has 1 fully saturated rings. The summed E-state index contributed by atoms with van der Waals surface area (Å²) in [5, 5.41) is 7.40. The van der Waals surface area contributed by atoms with Gasteiger partial charge in [0.25, 0.3) is 0 Å². The van der Waals surface area contributed by atoms with Crippen LogP contribution in [0.4, 0.5) is 8.78 Å².